The monoisotopic (exact) mass is 490 g/mol. The molecule has 184 valence electrons. The number of H-pyrrole nitrogens is 1. The normalized spacial score (nSPS) is 13.5. The molecule has 6 rings (SSSR count). The Balaban J connectivity index is 1.23. The fraction of sp³-hybridized carbons (Fsp3) is 0.172. The van der Waals surface area contributed by atoms with Crippen LogP contribution in [0.4, 0.5) is 5.82 Å². The molecule has 37 heavy (non-hydrogen) atoms. The second-order valence-electron chi connectivity index (χ2n) is 9.27. The van der Waals surface area contributed by atoms with Crippen LogP contribution in [0.15, 0.2) is 96.2 Å². The number of pyridine rings is 1. The fourth-order valence-corrected chi connectivity index (χ4v) is 4.80. The molecule has 1 fully saturated rings. The highest BCUT2D eigenvalue weighted by atomic mass is 16.2. The number of fused-ring (bicyclic) bond motifs is 1. The second kappa shape index (κ2) is 9.73. The standard InChI is InChI=1S/C29H26N6O2/c36-27(31-15-24-13-22-14-30-12-11-25(22)33-24)19-35-26(21-9-5-2-6-10-21)16-32-28(29(35)37)34-17-23(18-34)20-7-3-1-4-8-20/h1-14,16,23,33H,15,17-19H2,(H,31,36). The fourth-order valence-electron chi connectivity index (χ4n) is 4.80. The minimum Gasteiger partial charge on any atom is -0.357 e. The summed E-state index contributed by atoms with van der Waals surface area (Å²) in [6.45, 7) is 1.67. The number of nitrogens with one attached hydrogen (secondary N) is 2. The summed E-state index contributed by atoms with van der Waals surface area (Å²) in [7, 11) is 0. The summed E-state index contributed by atoms with van der Waals surface area (Å²) in [6.07, 6.45) is 5.19. The number of aromatic nitrogens is 4. The smallest absolute Gasteiger partial charge is 0.294 e. The van der Waals surface area contributed by atoms with Crippen molar-refractivity contribution in [1.82, 2.24) is 24.8 Å². The van der Waals surface area contributed by atoms with E-state index in [1.165, 1.54) is 10.1 Å². The summed E-state index contributed by atoms with van der Waals surface area (Å²) >= 11 is 0. The number of nitrogens with zero attached hydrogens (tertiary/aromatic N) is 4. The van der Waals surface area contributed by atoms with Gasteiger partial charge in [-0.25, -0.2) is 4.98 Å². The lowest BCUT2D eigenvalue weighted by Crippen LogP contribution is -2.49. The Bertz CT molecular complexity index is 1570. The Morgan fingerprint density at radius 1 is 1.00 bits per heavy atom. The van der Waals surface area contributed by atoms with Crippen molar-refractivity contribution >= 4 is 22.6 Å². The molecule has 3 aromatic heterocycles. The summed E-state index contributed by atoms with van der Waals surface area (Å²) in [5.41, 5.74) is 4.27. The quantitative estimate of drug-likeness (QED) is 0.363. The summed E-state index contributed by atoms with van der Waals surface area (Å²) in [5.74, 6) is 0.487. The number of aromatic amines is 1. The second-order valence-corrected chi connectivity index (χ2v) is 9.27. The highest BCUT2D eigenvalue weighted by molar-refractivity contribution is 5.80. The van der Waals surface area contributed by atoms with Crippen LogP contribution in [-0.4, -0.2) is 38.5 Å². The third kappa shape index (κ3) is 4.61. The van der Waals surface area contributed by atoms with Crippen molar-refractivity contribution in [2.75, 3.05) is 18.0 Å². The number of hydrogen-bond donors (Lipinski definition) is 2. The SMILES string of the molecule is O=C(Cn1c(-c2ccccc2)cnc(N2CC(c3ccccc3)C2)c1=O)NCc1cc2cnccc2[nH]1. The number of benzene rings is 2. The highest BCUT2D eigenvalue weighted by Crippen LogP contribution is 2.29. The third-order valence-electron chi connectivity index (χ3n) is 6.81. The van der Waals surface area contributed by atoms with E-state index < -0.39 is 0 Å². The predicted octanol–water partition coefficient (Wildman–Crippen LogP) is 3.71. The van der Waals surface area contributed by atoms with Gasteiger partial charge in [0.15, 0.2) is 5.82 Å². The van der Waals surface area contributed by atoms with E-state index in [2.05, 4.69) is 32.4 Å². The van der Waals surface area contributed by atoms with Crippen molar-refractivity contribution < 1.29 is 4.79 Å². The molecule has 2 aromatic carbocycles. The van der Waals surface area contributed by atoms with Gasteiger partial charge in [-0.3, -0.25) is 19.1 Å². The van der Waals surface area contributed by atoms with E-state index in [1.807, 2.05) is 65.6 Å². The first-order chi connectivity index (χ1) is 18.2. The van der Waals surface area contributed by atoms with Gasteiger partial charge in [0, 0.05) is 48.0 Å². The number of rotatable bonds is 7. The zero-order chi connectivity index (χ0) is 25.2. The maximum Gasteiger partial charge on any atom is 0.294 e. The van der Waals surface area contributed by atoms with Crippen LogP contribution in [0.1, 0.15) is 17.2 Å². The lowest BCUT2D eigenvalue weighted by atomic mass is 9.91. The van der Waals surface area contributed by atoms with Gasteiger partial charge in [-0.05, 0) is 23.3 Å². The van der Waals surface area contributed by atoms with Crippen molar-refractivity contribution in [3.05, 3.63) is 113 Å². The first-order valence-corrected chi connectivity index (χ1v) is 12.3. The molecule has 1 amide bonds. The van der Waals surface area contributed by atoms with Gasteiger partial charge < -0.3 is 15.2 Å². The minimum atomic E-state index is -0.264. The lowest BCUT2D eigenvalue weighted by Gasteiger charge is -2.40. The molecule has 8 nitrogen and oxygen atoms in total. The van der Waals surface area contributed by atoms with Crippen LogP contribution >= 0.6 is 0 Å². The van der Waals surface area contributed by atoms with Gasteiger partial charge in [0.25, 0.3) is 5.56 Å². The number of carbonyl (C=O) groups is 1. The summed E-state index contributed by atoms with van der Waals surface area (Å²) in [4.78, 5) is 40.6. The summed E-state index contributed by atoms with van der Waals surface area (Å²) in [5, 5.41) is 3.92. The first-order valence-electron chi connectivity index (χ1n) is 12.3. The topological polar surface area (TPSA) is 95.9 Å². The molecule has 4 heterocycles. The Hall–Kier alpha value is -4.72. The lowest BCUT2D eigenvalue weighted by molar-refractivity contribution is -0.121. The van der Waals surface area contributed by atoms with E-state index in [-0.39, 0.29) is 18.0 Å². The van der Waals surface area contributed by atoms with Gasteiger partial charge in [0.2, 0.25) is 5.91 Å². The number of hydrogen-bond acceptors (Lipinski definition) is 5. The van der Waals surface area contributed by atoms with Gasteiger partial charge in [0.05, 0.1) is 18.4 Å². The highest BCUT2D eigenvalue weighted by Gasteiger charge is 2.31. The van der Waals surface area contributed by atoms with E-state index in [0.717, 1.165) is 35.2 Å². The molecular weight excluding hydrogens is 464 g/mol. The van der Waals surface area contributed by atoms with Crippen LogP contribution in [0, 0.1) is 0 Å². The van der Waals surface area contributed by atoms with Gasteiger partial charge in [-0.15, -0.1) is 0 Å². The van der Waals surface area contributed by atoms with Gasteiger partial charge in [0.1, 0.15) is 6.54 Å². The van der Waals surface area contributed by atoms with Crippen LogP contribution in [0.5, 0.6) is 0 Å². The van der Waals surface area contributed by atoms with Crippen LogP contribution in [0.3, 0.4) is 0 Å². The Morgan fingerprint density at radius 3 is 2.51 bits per heavy atom. The zero-order valence-corrected chi connectivity index (χ0v) is 20.2. The predicted molar refractivity (Wildman–Crippen MR) is 143 cm³/mol. The van der Waals surface area contributed by atoms with Crippen molar-refractivity contribution in [1.29, 1.82) is 0 Å². The zero-order valence-electron chi connectivity index (χ0n) is 20.2. The number of amides is 1. The average Bonchev–Trinajstić information content (AvgIpc) is 3.33. The maximum atomic E-state index is 13.6. The van der Waals surface area contributed by atoms with E-state index in [9.17, 15) is 9.59 Å². The Labute approximate surface area is 213 Å². The molecule has 1 aliphatic rings. The molecule has 1 aliphatic heterocycles. The van der Waals surface area contributed by atoms with Crippen LogP contribution in [-0.2, 0) is 17.9 Å². The van der Waals surface area contributed by atoms with Crippen LogP contribution in [0.25, 0.3) is 22.2 Å². The van der Waals surface area contributed by atoms with E-state index >= 15 is 0 Å². The third-order valence-corrected chi connectivity index (χ3v) is 6.81. The van der Waals surface area contributed by atoms with E-state index in [1.54, 1.807) is 18.6 Å². The van der Waals surface area contributed by atoms with Gasteiger partial charge in [-0.1, -0.05) is 60.7 Å². The molecule has 0 aliphatic carbocycles. The number of carbonyl (C=O) groups excluding carboxylic acids is 1. The van der Waals surface area contributed by atoms with Crippen molar-refractivity contribution in [3.63, 3.8) is 0 Å². The minimum absolute atomic E-state index is 0.101. The molecule has 2 N–H and O–H groups in total. The van der Waals surface area contributed by atoms with Crippen LogP contribution in [0.2, 0.25) is 0 Å². The van der Waals surface area contributed by atoms with Crippen molar-refractivity contribution in [3.8, 4) is 11.3 Å². The van der Waals surface area contributed by atoms with E-state index in [4.69, 9.17) is 0 Å². The van der Waals surface area contributed by atoms with Gasteiger partial charge in [-0.2, -0.15) is 0 Å². The van der Waals surface area contributed by atoms with Crippen molar-refractivity contribution in [2.45, 2.75) is 19.0 Å². The molecule has 0 radical (unpaired) electrons. The largest absolute Gasteiger partial charge is 0.357 e. The molecule has 5 aromatic rings. The molecule has 0 atom stereocenters. The summed E-state index contributed by atoms with van der Waals surface area (Å²) in [6, 6.07) is 23.7. The molecule has 0 spiro atoms. The van der Waals surface area contributed by atoms with Crippen molar-refractivity contribution in [2.24, 2.45) is 0 Å². The number of anilines is 1. The molecular formula is C29H26N6O2. The first kappa shape index (κ1) is 22.7. The van der Waals surface area contributed by atoms with E-state index in [0.29, 0.717) is 24.0 Å². The Morgan fingerprint density at radius 2 is 1.76 bits per heavy atom. The van der Waals surface area contributed by atoms with Gasteiger partial charge >= 0.3 is 0 Å². The van der Waals surface area contributed by atoms with Crippen LogP contribution < -0.4 is 15.8 Å². The molecule has 8 heteroatoms. The molecule has 0 unspecified atom stereocenters. The molecule has 0 bridgehead atoms. The molecule has 0 saturated carbocycles. The average molecular weight is 491 g/mol. The summed E-state index contributed by atoms with van der Waals surface area (Å²) < 4.78 is 1.53. The maximum absolute atomic E-state index is 13.6. The molecule has 1 saturated heterocycles. The Kier molecular flexibility index (Phi) is 5.98.